The van der Waals surface area contributed by atoms with Crippen LogP contribution in [0.1, 0.15) is 16.7 Å². The number of aryl methyl sites for hydroxylation is 2. The van der Waals surface area contributed by atoms with Gasteiger partial charge in [0.15, 0.2) is 0 Å². The van der Waals surface area contributed by atoms with Gasteiger partial charge in [-0.15, -0.1) is 0 Å². The summed E-state index contributed by atoms with van der Waals surface area (Å²) in [7, 11) is 0. The minimum absolute atomic E-state index is 0.339. The van der Waals surface area contributed by atoms with E-state index in [1.807, 2.05) is 18.2 Å². The molecule has 0 unspecified atom stereocenters. The summed E-state index contributed by atoms with van der Waals surface area (Å²) in [4.78, 5) is 0. The summed E-state index contributed by atoms with van der Waals surface area (Å²) in [5.41, 5.74) is 4.51. The highest BCUT2D eigenvalue weighted by molar-refractivity contribution is 5.57. The number of para-hydroxylation sites is 2. The molecular weight excluding hydrogens is 210 g/mol. The zero-order chi connectivity index (χ0) is 12.3. The standard InChI is InChI=1S/C15H17NO/c1-11-6-5-7-12(2)15(11)16-10-13-8-3-4-9-14(13)17/h3-9,16-17H,10H2,1-2H3. The number of phenolic OH excluding ortho intramolecular Hbond substituents is 1. The second-order valence-electron chi connectivity index (χ2n) is 4.25. The maximum atomic E-state index is 9.69. The Bertz CT molecular complexity index is 500. The number of aromatic hydroxyl groups is 1. The number of phenols is 1. The number of anilines is 1. The SMILES string of the molecule is Cc1cccc(C)c1NCc1ccccc1O. The molecule has 0 aliphatic heterocycles. The van der Waals surface area contributed by atoms with Crippen molar-refractivity contribution in [3.8, 4) is 5.75 Å². The molecule has 0 atom stereocenters. The van der Waals surface area contributed by atoms with E-state index in [0.717, 1.165) is 11.3 Å². The van der Waals surface area contributed by atoms with E-state index < -0.39 is 0 Å². The van der Waals surface area contributed by atoms with Crippen LogP contribution in [-0.2, 0) is 6.54 Å². The van der Waals surface area contributed by atoms with Crippen molar-refractivity contribution in [3.63, 3.8) is 0 Å². The Morgan fingerprint density at radius 1 is 0.941 bits per heavy atom. The molecule has 0 saturated heterocycles. The van der Waals surface area contributed by atoms with Gasteiger partial charge in [-0.2, -0.15) is 0 Å². The van der Waals surface area contributed by atoms with E-state index in [1.165, 1.54) is 11.1 Å². The predicted molar refractivity (Wildman–Crippen MR) is 71.3 cm³/mol. The Hall–Kier alpha value is -1.96. The number of benzene rings is 2. The summed E-state index contributed by atoms with van der Waals surface area (Å²) in [6.07, 6.45) is 0. The van der Waals surface area contributed by atoms with E-state index in [4.69, 9.17) is 0 Å². The van der Waals surface area contributed by atoms with Crippen LogP contribution in [-0.4, -0.2) is 5.11 Å². The minimum Gasteiger partial charge on any atom is -0.508 e. The molecule has 0 spiro atoms. The van der Waals surface area contributed by atoms with Crippen molar-refractivity contribution in [1.82, 2.24) is 0 Å². The maximum absolute atomic E-state index is 9.69. The predicted octanol–water partition coefficient (Wildman–Crippen LogP) is 3.62. The van der Waals surface area contributed by atoms with Crippen LogP contribution < -0.4 is 5.32 Å². The molecule has 0 heterocycles. The van der Waals surface area contributed by atoms with Gasteiger partial charge in [-0.1, -0.05) is 36.4 Å². The molecule has 0 aliphatic carbocycles. The van der Waals surface area contributed by atoms with E-state index in [9.17, 15) is 5.11 Å². The molecule has 88 valence electrons. The lowest BCUT2D eigenvalue weighted by Crippen LogP contribution is -2.02. The average molecular weight is 227 g/mol. The molecule has 17 heavy (non-hydrogen) atoms. The first kappa shape index (κ1) is 11.5. The second-order valence-corrected chi connectivity index (χ2v) is 4.25. The third-order valence-electron chi connectivity index (χ3n) is 2.93. The summed E-state index contributed by atoms with van der Waals surface area (Å²) < 4.78 is 0. The largest absolute Gasteiger partial charge is 0.508 e. The van der Waals surface area contributed by atoms with Gasteiger partial charge >= 0.3 is 0 Å². The van der Waals surface area contributed by atoms with E-state index >= 15 is 0 Å². The van der Waals surface area contributed by atoms with Crippen LogP contribution in [0.4, 0.5) is 5.69 Å². The van der Waals surface area contributed by atoms with Crippen molar-refractivity contribution in [3.05, 3.63) is 59.2 Å². The molecular formula is C15H17NO. The van der Waals surface area contributed by atoms with Crippen LogP contribution in [0.15, 0.2) is 42.5 Å². The van der Waals surface area contributed by atoms with Crippen molar-refractivity contribution < 1.29 is 5.11 Å². The van der Waals surface area contributed by atoms with Gasteiger partial charge in [-0.3, -0.25) is 0 Å². The summed E-state index contributed by atoms with van der Waals surface area (Å²) >= 11 is 0. The number of rotatable bonds is 3. The zero-order valence-corrected chi connectivity index (χ0v) is 10.2. The van der Waals surface area contributed by atoms with Gasteiger partial charge in [0.2, 0.25) is 0 Å². The lowest BCUT2D eigenvalue weighted by molar-refractivity contribution is 0.469. The van der Waals surface area contributed by atoms with Gasteiger partial charge in [0.1, 0.15) is 5.75 Å². The molecule has 0 fully saturated rings. The normalized spacial score (nSPS) is 10.2. The summed E-state index contributed by atoms with van der Waals surface area (Å²) in [5.74, 6) is 0.339. The highest BCUT2D eigenvalue weighted by Gasteiger charge is 2.03. The molecule has 2 heteroatoms. The average Bonchev–Trinajstić information content (AvgIpc) is 2.30. The number of hydrogen-bond acceptors (Lipinski definition) is 2. The van der Waals surface area contributed by atoms with Gasteiger partial charge in [-0.05, 0) is 31.0 Å². The van der Waals surface area contributed by atoms with Gasteiger partial charge in [0.25, 0.3) is 0 Å². The van der Waals surface area contributed by atoms with Gasteiger partial charge < -0.3 is 10.4 Å². The minimum atomic E-state index is 0.339. The molecule has 0 bridgehead atoms. The van der Waals surface area contributed by atoms with Crippen molar-refractivity contribution in [2.24, 2.45) is 0 Å². The number of nitrogens with one attached hydrogen (secondary N) is 1. The summed E-state index contributed by atoms with van der Waals surface area (Å²) in [6, 6.07) is 13.6. The zero-order valence-electron chi connectivity index (χ0n) is 10.2. The smallest absolute Gasteiger partial charge is 0.120 e. The fourth-order valence-electron chi connectivity index (χ4n) is 1.94. The summed E-state index contributed by atoms with van der Waals surface area (Å²) in [5, 5.41) is 13.1. The highest BCUT2D eigenvalue weighted by atomic mass is 16.3. The van der Waals surface area contributed by atoms with Crippen molar-refractivity contribution in [2.45, 2.75) is 20.4 Å². The first-order chi connectivity index (χ1) is 8.18. The van der Waals surface area contributed by atoms with Crippen LogP contribution in [0.5, 0.6) is 5.75 Å². The lowest BCUT2D eigenvalue weighted by Gasteiger charge is -2.13. The van der Waals surface area contributed by atoms with Crippen LogP contribution in [0.3, 0.4) is 0 Å². The quantitative estimate of drug-likeness (QED) is 0.839. The Morgan fingerprint density at radius 2 is 1.59 bits per heavy atom. The third kappa shape index (κ3) is 2.59. The monoisotopic (exact) mass is 227 g/mol. The second kappa shape index (κ2) is 4.91. The van der Waals surface area contributed by atoms with Gasteiger partial charge in [0, 0.05) is 17.8 Å². The Kier molecular flexibility index (Phi) is 3.33. The molecule has 2 nitrogen and oxygen atoms in total. The number of hydrogen-bond donors (Lipinski definition) is 2. The molecule has 0 aliphatic rings. The van der Waals surface area contributed by atoms with Crippen molar-refractivity contribution in [1.29, 1.82) is 0 Å². The van der Waals surface area contributed by atoms with Gasteiger partial charge in [-0.25, -0.2) is 0 Å². The van der Waals surface area contributed by atoms with Crippen LogP contribution >= 0.6 is 0 Å². The van der Waals surface area contributed by atoms with E-state index in [0.29, 0.717) is 12.3 Å². The van der Waals surface area contributed by atoms with Crippen LogP contribution in [0.25, 0.3) is 0 Å². The molecule has 0 aromatic heterocycles. The van der Waals surface area contributed by atoms with Crippen LogP contribution in [0.2, 0.25) is 0 Å². The fraction of sp³-hybridized carbons (Fsp3) is 0.200. The molecule has 0 amide bonds. The molecule has 2 rings (SSSR count). The van der Waals surface area contributed by atoms with Crippen LogP contribution in [0, 0.1) is 13.8 Å². The van der Waals surface area contributed by atoms with E-state index in [2.05, 4.69) is 37.4 Å². The first-order valence-electron chi connectivity index (χ1n) is 5.75. The van der Waals surface area contributed by atoms with Crippen molar-refractivity contribution >= 4 is 5.69 Å². The van der Waals surface area contributed by atoms with E-state index in [-0.39, 0.29) is 0 Å². The first-order valence-corrected chi connectivity index (χ1v) is 5.75. The Morgan fingerprint density at radius 3 is 2.24 bits per heavy atom. The maximum Gasteiger partial charge on any atom is 0.120 e. The van der Waals surface area contributed by atoms with Gasteiger partial charge in [0.05, 0.1) is 0 Å². The molecule has 2 aromatic carbocycles. The molecule has 2 aromatic rings. The lowest BCUT2D eigenvalue weighted by atomic mass is 10.1. The van der Waals surface area contributed by atoms with Crippen molar-refractivity contribution in [2.75, 3.05) is 5.32 Å². The molecule has 2 N–H and O–H groups in total. The Balaban J connectivity index is 2.16. The topological polar surface area (TPSA) is 32.3 Å². The fourth-order valence-corrected chi connectivity index (χ4v) is 1.94. The third-order valence-corrected chi connectivity index (χ3v) is 2.93. The summed E-state index contributed by atoms with van der Waals surface area (Å²) in [6.45, 7) is 4.80. The Labute approximate surface area is 102 Å². The molecule has 0 saturated carbocycles. The van der Waals surface area contributed by atoms with E-state index in [1.54, 1.807) is 6.07 Å². The highest BCUT2D eigenvalue weighted by Crippen LogP contribution is 2.22. The molecule has 0 radical (unpaired) electrons.